The minimum atomic E-state index is -0.116. The third kappa shape index (κ3) is 3.53. The maximum Gasteiger partial charge on any atom is 0.274 e. The molecule has 0 saturated carbocycles. The van der Waals surface area contributed by atoms with E-state index in [1.165, 1.54) is 4.57 Å². The van der Waals surface area contributed by atoms with Gasteiger partial charge in [-0.25, -0.2) is 9.97 Å². The van der Waals surface area contributed by atoms with E-state index in [1.807, 2.05) is 0 Å². The molecule has 0 unspecified atom stereocenters. The largest absolute Gasteiger partial charge is 0.350 e. The SMILES string of the molecule is C[C@H]1CNCCN1c1cnc(Nc2cc(Br)cn(C)c2=O)cn1. The average molecular weight is 379 g/mol. The normalized spacial score (nSPS) is 18.0. The first-order valence-electron chi connectivity index (χ1n) is 7.47. The van der Waals surface area contributed by atoms with E-state index < -0.39 is 0 Å². The van der Waals surface area contributed by atoms with E-state index in [0.29, 0.717) is 17.5 Å². The van der Waals surface area contributed by atoms with Gasteiger partial charge in [0.15, 0.2) is 0 Å². The highest BCUT2D eigenvalue weighted by Crippen LogP contribution is 2.18. The number of aromatic nitrogens is 3. The molecule has 8 heteroatoms. The second-order valence-electron chi connectivity index (χ2n) is 5.62. The molecule has 0 amide bonds. The first-order valence-corrected chi connectivity index (χ1v) is 8.26. The molecule has 2 aromatic rings. The Morgan fingerprint density at radius 3 is 2.91 bits per heavy atom. The summed E-state index contributed by atoms with van der Waals surface area (Å²) in [6, 6.07) is 2.12. The topological polar surface area (TPSA) is 75.1 Å². The summed E-state index contributed by atoms with van der Waals surface area (Å²) in [5, 5.41) is 6.38. The van der Waals surface area contributed by atoms with Crippen molar-refractivity contribution < 1.29 is 0 Å². The van der Waals surface area contributed by atoms with Gasteiger partial charge in [0, 0.05) is 43.4 Å². The van der Waals surface area contributed by atoms with Crippen LogP contribution >= 0.6 is 15.9 Å². The standard InChI is InChI=1S/C15H19BrN6O/c1-10-6-17-3-4-22(10)14-8-18-13(7-19-14)20-12-5-11(16)9-21(2)15(12)23/h5,7-10,17H,3-4,6H2,1-2H3,(H,18,20)/t10-/m0/s1. The van der Waals surface area contributed by atoms with Crippen LogP contribution in [-0.2, 0) is 7.05 Å². The van der Waals surface area contributed by atoms with Crippen LogP contribution in [0.15, 0.2) is 33.9 Å². The number of piperazine rings is 1. The number of nitrogens with zero attached hydrogens (tertiary/aromatic N) is 4. The smallest absolute Gasteiger partial charge is 0.274 e. The van der Waals surface area contributed by atoms with Crippen molar-refractivity contribution in [1.29, 1.82) is 0 Å². The Hall–Kier alpha value is -1.93. The molecule has 7 nitrogen and oxygen atoms in total. The summed E-state index contributed by atoms with van der Waals surface area (Å²) < 4.78 is 2.33. The van der Waals surface area contributed by atoms with Crippen molar-refractivity contribution in [3.63, 3.8) is 0 Å². The van der Waals surface area contributed by atoms with Crippen LogP contribution in [0.4, 0.5) is 17.3 Å². The Kier molecular flexibility index (Phi) is 4.63. The fourth-order valence-electron chi connectivity index (χ4n) is 2.61. The number of anilines is 3. The zero-order valence-electron chi connectivity index (χ0n) is 13.1. The van der Waals surface area contributed by atoms with Crippen molar-refractivity contribution in [2.24, 2.45) is 7.05 Å². The predicted octanol–water partition coefficient (Wildman–Crippen LogP) is 1.48. The second-order valence-corrected chi connectivity index (χ2v) is 6.54. The van der Waals surface area contributed by atoms with Crippen LogP contribution in [0.1, 0.15) is 6.92 Å². The zero-order chi connectivity index (χ0) is 16.4. The number of pyridine rings is 1. The lowest BCUT2D eigenvalue weighted by molar-refractivity contribution is 0.496. The summed E-state index contributed by atoms with van der Waals surface area (Å²) in [6.07, 6.45) is 5.12. The number of aryl methyl sites for hydroxylation is 1. The van der Waals surface area contributed by atoms with E-state index in [0.717, 1.165) is 29.9 Å². The van der Waals surface area contributed by atoms with Crippen molar-refractivity contribution in [2.45, 2.75) is 13.0 Å². The van der Waals surface area contributed by atoms with E-state index in [9.17, 15) is 4.79 Å². The molecule has 0 bridgehead atoms. The molecule has 0 aliphatic carbocycles. The van der Waals surface area contributed by atoms with Crippen LogP contribution in [0.3, 0.4) is 0 Å². The van der Waals surface area contributed by atoms with Gasteiger partial charge >= 0.3 is 0 Å². The molecule has 23 heavy (non-hydrogen) atoms. The van der Waals surface area contributed by atoms with E-state index >= 15 is 0 Å². The molecular weight excluding hydrogens is 360 g/mol. The van der Waals surface area contributed by atoms with Crippen molar-refractivity contribution in [3.05, 3.63) is 39.5 Å². The molecule has 3 rings (SSSR count). The lowest BCUT2D eigenvalue weighted by atomic mass is 10.2. The van der Waals surface area contributed by atoms with Gasteiger partial charge in [0.25, 0.3) is 5.56 Å². The highest BCUT2D eigenvalue weighted by molar-refractivity contribution is 9.10. The zero-order valence-corrected chi connectivity index (χ0v) is 14.7. The Morgan fingerprint density at radius 1 is 1.39 bits per heavy atom. The molecule has 2 aromatic heterocycles. The lowest BCUT2D eigenvalue weighted by Crippen LogP contribution is -2.50. The van der Waals surface area contributed by atoms with E-state index in [2.05, 4.69) is 48.4 Å². The summed E-state index contributed by atoms with van der Waals surface area (Å²) in [5.41, 5.74) is 0.342. The van der Waals surface area contributed by atoms with Gasteiger partial charge in [-0.05, 0) is 28.9 Å². The molecule has 1 atom stereocenters. The number of nitrogens with one attached hydrogen (secondary N) is 2. The third-order valence-electron chi connectivity index (χ3n) is 3.85. The first-order chi connectivity index (χ1) is 11.0. The van der Waals surface area contributed by atoms with Crippen molar-refractivity contribution >= 4 is 33.3 Å². The summed E-state index contributed by atoms with van der Waals surface area (Å²) in [6.45, 7) is 4.95. The highest BCUT2D eigenvalue weighted by Gasteiger charge is 2.19. The van der Waals surface area contributed by atoms with Gasteiger partial charge in [0.05, 0.1) is 12.4 Å². The van der Waals surface area contributed by atoms with Crippen LogP contribution in [0.2, 0.25) is 0 Å². The molecule has 2 N–H and O–H groups in total. The first kappa shape index (κ1) is 15.9. The second kappa shape index (κ2) is 6.67. The van der Waals surface area contributed by atoms with Crippen LogP contribution in [0.5, 0.6) is 0 Å². The van der Waals surface area contributed by atoms with Crippen molar-refractivity contribution in [1.82, 2.24) is 19.9 Å². The van der Waals surface area contributed by atoms with E-state index in [1.54, 1.807) is 31.7 Å². The molecular formula is C15H19BrN6O. The van der Waals surface area contributed by atoms with Gasteiger partial charge in [-0.3, -0.25) is 4.79 Å². The summed E-state index contributed by atoms with van der Waals surface area (Å²) in [4.78, 5) is 23.2. The van der Waals surface area contributed by atoms with Crippen LogP contribution in [-0.4, -0.2) is 40.2 Å². The van der Waals surface area contributed by atoms with E-state index in [-0.39, 0.29) is 5.56 Å². The lowest BCUT2D eigenvalue weighted by Gasteiger charge is -2.34. The number of halogens is 1. The van der Waals surface area contributed by atoms with Gasteiger partial charge in [-0.1, -0.05) is 0 Å². The molecule has 0 spiro atoms. The number of hydrogen-bond acceptors (Lipinski definition) is 6. The molecule has 122 valence electrons. The van der Waals surface area contributed by atoms with Gasteiger partial charge in [0.1, 0.15) is 17.3 Å². The predicted molar refractivity (Wildman–Crippen MR) is 94.4 cm³/mol. The highest BCUT2D eigenvalue weighted by atomic mass is 79.9. The monoisotopic (exact) mass is 378 g/mol. The molecule has 1 saturated heterocycles. The fraction of sp³-hybridized carbons (Fsp3) is 0.400. The van der Waals surface area contributed by atoms with Crippen molar-refractivity contribution in [3.8, 4) is 0 Å². The Morgan fingerprint density at radius 2 is 2.22 bits per heavy atom. The summed E-state index contributed by atoms with van der Waals surface area (Å²) in [5.74, 6) is 1.40. The summed E-state index contributed by atoms with van der Waals surface area (Å²) in [7, 11) is 1.71. The Labute approximate surface area is 142 Å². The molecule has 0 radical (unpaired) electrons. The van der Waals surface area contributed by atoms with E-state index in [4.69, 9.17) is 0 Å². The maximum atomic E-state index is 12.1. The number of hydrogen-bond donors (Lipinski definition) is 2. The molecule has 3 heterocycles. The van der Waals surface area contributed by atoms with Crippen LogP contribution in [0, 0.1) is 0 Å². The van der Waals surface area contributed by atoms with Crippen LogP contribution in [0.25, 0.3) is 0 Å². The Bertz CT molecular complexity index is 745. The average Bonchev–Trinajstić information content (AvgIpc) is 2.53. The van der Waals surface area contributed by atoms with Crippen LogP contribution < -0.4 is 21.1 Å². The Balaban J connectivity index is 1.79. The maximum absolute atomic E-state index is 12.1. The van der Waals surface area contributed by atoms with Gasteiger partial charge in [0.2, 0.25) is 0 Å². The van der Waals surface area contributed by atoms with Gasteiger partial charge < -0.3 is 20.1 Å². The number of rotatable bonds is 3. The van der Waals surface area contributed by atoms with Gasteiger partial charge in [-0.2, -0.15) is 0 Å². The minimum absolute atomic E-state index is 0.116. The third-order valence-corrected chi connectivity index (χ3v) is 4.28. The molecule has 0 aromatic carbocycles. The fourth-order valence-corrected chi connectivity index (χ4v) is 3.15. The molecule has 1 aliphatic heterocycles. The quantitative estimate of drug-likeness (QED) is 0.842. The minimum Gasteiger partial charge on any atom is -0.350 e. The van der Waals surface area contributed by atoms with Gasteiger partial charge in [-0.15, -0.1) is 0 Å². The molecule has 1 aliphatic rings. The van der Waals surface area contributed by atoms with Crippen molar-refractivity contribution in [2.75, 3.05) is 29.9 Å². The summed E-state index contributed by atoms with van der Waals surface area (Å²) >= 11 is 3.38. The molecule has 1 fully saturated rings.